The molecule has 28 heavy (non-hydrogen) atoms. The van der Waals surface area contributed by atoms with Crippen molar-refractivity contribution in [2.75, 3.05) is 13.2 Å². The minimum atomic E-state index is -0.451. The molecule has 8 heteroatoms. The van der Waals surface area contributed by atoms with Crippen molar-refractivity contribution in [3.8, 4) is 22.8 Å². The van der Waals surface area contributed by atoms with E-state index in [0.717, 1.165) is 12.0 Å². The number of carbonyl (C=O) groups excluding carboxylic acids is 1. The SMILES string of the molecule is O=C(NCc1cc(Cl)c2c(c1)OCCCO2)c1cc(-c2ccccc2F)on1. The lowest BCUT2D eigenvalue weighted by Crippen LogP contribution is -2.23. The molecule has 144 valence electrons. The van der Waals surface area contributed by atoms with E-state index in [1.54, 1.807) is 30.3 Å². The third kappa shape index (κ3) is 3.80. The first-order valence-electron chi connectivity index (χ1n) is 8.69. The molecule has 0 aliphatic carbocycles. The summed E-state index contributed by atoms with van der Waals surface area (Å²) in [6.45, 7) is 1.29. The van der Waals surface area contributed by atoms with E-state index in [0.29, 0.717) is 29.7 Å². The maximum atomic E-state index is 13.8. The Morgan fingerprint density at radius 2 is 2.00 bits per heavy atom. The zero-order valence-corrected chi connectivity index (χ0v) is 15.5. The second-order valence-electron chi connectivity index (χ2n) is 6.19. The van der Waals surface area contributed by atoms with Gasteiger partial charge in [0.05, 0.1) is 23.8 Å². The standard InChI is InChI=1S/C20H16ClFN2O4/c21-14-8-12(9-18-19(14)27-7-3-6-26-18)11-23-20(25)16-10-17(28-24-16)13-4-1-2-5-15(13)22/h1-2,4-5,8-10H,3,6-7,11H2,(H,23,25). The molecule has 0 saturated carbocycles. The molecule has 1 N–H and O–H groups in total. The lowest BCUT2D eigenvalue weighted by molar-refractivity contribution is 0.0942. The zero-order valence-electron chi connectivity index (χ0n) is 14.7. The Hall–Kier alpha value is -3.06. The van der Waals surface area contributed by atoms with Crippen LogP contribution in [0.5, 0.6) is 11.5 Å². The Morgan fingerprint density at radius 1 is 1.18 bits per heavy atom. The summed E-state index contributed by atoms with van der Waals surface area (Å²) in [7, 11) is 0. The van der Waals surface area contributed by atoms with E-state index in [4.69, 9.17) is 25.6 Å². The molecule has 0 radical (unpaired) electrons. The number of halogens is 2. The van der Waals surface area contributed by atoms with Crippen molar-refractivity contribution in [3.05, 3.63) is 64.6 Å². The van der Waals surface area contributed by atoms with Crippen LogP contribution in [0.15, 0.2) is 47.0 Å². The highest BCUT2D eigenvalue weighted by atomic mass is 35.5. The van der Waals surface area contributed by atoms with Crippen LogP contribution in [0.2, 0.25) is 5.02 Å². The second kappa shape index (κ2) is 7.90. The van der Waals surface area contributed by atoms with Crippen molar-refractivity contribution < 1.29 is 23.2 Å². The van der Waals surface area contributed by atoms with Crippen LogP contribution in [0.25, 0.3) is 11.3 Å². The second-order valence-corrected chi connectivity index (χ2v) is 6.60. The van der Waals surface area contributed by atoms with Gasteiger partial charge in [-0.25, -0.2) is 4.39 Å². The van der Waals surface area contributed by atoms with Crippen LogP contribution >= 0.6 is 11.6 Å². The summed E-state index contributed by atoms with van der Waals surface area (Å²) in [4.78, 5) is 12.4. The van der Waals surface area contributed by atoms with Crippen LogP contribution in [-0.4, -0.2) is 24.3 Å². The minimum absolute atomic E-state index is 0.0543. The Morgan fingerprint density at radius 3 is 2.86 bits per heavy atom. The number of fused-ring (bicyclic) bond motifs is 1. The first-order valence-corrected chi connectivity index (χ1v) is 9.07. The Balaban J connectivity index is 1.46. The predicted octanol–water partition coefficient (Wildman–Crippen LogP) is 4.23. The first kappa shape index (κ1) is 18.3. The van der Waals surface area contributed by atoms with Crippen molar-refractivity contribution in [2.24, 2.45) is 0 Å². The van der Waals surface area contributed by atoms with E-state index >= 15 is 0 Å². The number of aromatic nitrogens is 1. The average Bonchev–Trinajstić information content (AvgIpc) is 3.05. The van der Waals surface area contributed by atoms with Crippen molar-refractivity contribution in [1.29, 1.82) is 0 Å². The van der Waals surface area contributed by atoms with Crippen LogP contribution in [-0.2, 0) is 6.54 Å². The molecule has 1 aliphatic rings. The Kier molecular flexibility index (Phi) is 5.16. The summed E-state index contributed by atoms with van der Waals surface area (Å²) in [5.41, 5.74) is 1.04. The molecule has 4 rings (SSSR count). The average molecular weight is 403 g/mol. The Bertz CT molecular complexity index is 1020. The van der Waals surface area contributed by atoms with Gasteiger partial charge in [0.1, 0.15) is 5.82 Å². The molecule has 2 heterocycles. The fourth-order valence-electron chi connectivity index (χ4n) is 2.83. The molecule has 0 fully saturated rings. The van der Waals surface area contributed by atoms with Gasteiger partial charge in [-0.3, -0.25) is 4.79 Å². The van der Waals surface area contributed by atoms with Gasteiger partial charge < -0.3 is 19.3 Å². The number of nitrogens with zero attached hydrogens (tertiary/aromatic N) is 1. The summed E-state index contributed by atoms with van der Waals surface area (Å²) in [6.07, 6.45) is 0.771. The minimum Gasteiger partial charge on any atom is -0.489 e. The molecule has 1 amide bonds. The third-order valence-corrected chi connectivity index (χ3v) is 4.48. The Labute approximate surface area is 165 Å². The molecule has 2 aromatic carbocycles. The van der Waals surface area contributed by atoms with E-state index in [1.807, 2.05) is 0 Å². The molecule has 0 unspecified atom stereocenters. The fraction of sp³-hybridized carbons (Fsp3) is 0.200. The van der Waals surface area contributed by atoms with Crippen LogP contribution in [0, 0.1) is 5.82 Å². The van der Waals surface area contributed by atoms with Gasteiger partial charge in [0.2, 0.25) is 0 Å². The van der Waals surface area contributed by atoms with Gasteiger partial charge in [0.25, 0.3) is 5.91 Å². The van der Waals surface area contributed by atoms with Crippen LogP contribution in [0.3, 0.4) is 0 Å². The van der Waals surface area contributed by atoms with E-state index in [9.17, 15) is 9.18 Å². The van der Waals surface area contributed by atoms with Gasteiger partial charge in [0.15, 0.2) is 23.0 Å². The zero-order chi connectivity index (χ0) is 19.5. The van der Waals surface area contributed by atoms with Gasteiger partial charge in [-0.05, 0) is 29.8 Å². The van der Waals surface area contributed by atoms with E-state index in [2.05, 4.69) is 10.5 Å². The topological polar surface area (TPSA) is 73.6 Å². The molecule has 0 atom stereocenters. The molecule has 0 saturated heterocycles. The van der Waals surface area contributed by atoms with Crippen LogP contribution < -0.4 is 14.8 Å². The monoisotopic (exact) mass is 402 g/mol. The van der Waals surface area contributed by atoms with Crippen molar-refractivity contribution in [1.82, 2.24) is 10.5 Å². The molecule has 6 nitrogen and oxygen atoms in total. The van der Waals surface area contributed by atoms with E-state index in [1.165, 1.54) is 12.1 Å². The highest BCUT2D eigenvalue weighted by Crippen LogP contribution is 2.38. The van der Waals surface area contributed by atoms with E-state index < -0.39 is 11.7 Å². The van der Waals surface area contributed by atoms with Gasteiger partial charge in [-0.1, -0.05) is 28.9 Å². The summed E-state index contributed by atoms with van der Waals surface area (Å²) >= 11 is 6.26. The summed E-state index contributed by atoms with van der Waals surface area (Å²) in [5.74, 6) is 0.349. The number of carbonyl (C=O) groups is 1. The molecular weight excluding hydrogens is 387 g/mol. The molecule has 0 spiro atoms. The summed E-state index contributed by atoms with van der Waals surface area (Å²) < 4.78 is 30.2. The normalized spacial score (nSPS) is 13.1. The van der Waals surface area contributed by atoms with Crippen LogP contribution in [0.1, 0.15) is 22.5 Å². The molecule has 3 aromatic rings. The third-order valence-electron chi connectivity index (χ3n) is 4.20. The number of ether oxygens (including phenoxy) is 2. The number of benzene rings is 2. The fourth-order valence-corrected chi connectivity index (χ4v) is 3.12. The number of nitrogens with one attached hydrogen (secondary N) is 1. The first-order chi connectivity index (χ1) is 13.6. The van der Waals surface area contributed by atoms with Crippen molar-refractivity contribution in [2.45, 2.75) is 13.0 Å². The number of hydrogen-bond acceptors (Lipinski definition) is 5. The van der Waals surface area contributed by atoms with Gasteiger partial charge >= 0.3 is 0 Å². The lowest BCUT2D eigenvalue weighted by Gasteiger charge is -2.11. The number of rotatable bonds is 4. The summed E-state index contributed by atoms with van der Waals surface area (Å²) in [6, 6.07) is 11.0. The summed E-state index contributed by atoms with van der Waals surface area (Å²) in [5, 5.41) is 6.88. The predicted molar refractivity (Wildman–Crippen MR) is 100 cm³/mol. The van der Waals surface area contributed by atoms with Crippen molar-refractivity contribution in [3.63, 3.8) is 0 Å². The molecule has 1 aliphatic heterocycles. The van der Waals surface area contributed by atoms with Gasteiger partial charge in [-0.2, -0.15) is 0 Å². The number of hydrogen-bond donors (Lipinski definition) is 1. The molecule has 0 bridgehead atoms. The number of amides is 1. The smallest absolute Gasteiger partial charge is 0.273 e. The largest absolute Gasteiger partial charge is 0.489 e. The quantitative estimate of drug-likeness (QED) is 0.707. The van der Waals surface area contributed by atoms with Crippen LogP contribution in [0.4, 0.5) is 4.39 Å². The lowest BCUT2D eigenvalue weighted by atomic mass is 10.1. The van der Waals surface area contributed by atoms with E-state index in [-0.39, 0.29) is 23.6 Å². The highest BCUT2D eigenvalue weighted by Gasteiger charge is 2.18. The van der Waals surface area contributed by atoms with Gasteiger partial charge in [0, 0.05) is 19.0 Å². The maximum Gasteiger partial charge on any atom is 0.273 e. The molecular formula is C20H16ClFN2O4. The molecule has 1 aromatic heterocycles. The highest BCUT2D eigenvalue weighted by molar-refractivity contribution is 6.32. The van der Waals surface area contributed by atoms with Gasteiger partial charge in [-0.15, -0.1) is 0 Å². The van der Waals surface area contributed by atoms with Crippen molar-refractivity contribution >= 4 is 17.5 Å². The maximum absolute atomic E-state index is 13.8.